The van der Waals surface area contributed by atoms with E-state index in [0.29, 0.717) is 37.9 Å². The maximum atomic E-state index is 13.0. The molecule has 1 saturated heterocycles. The van der Waals surface area contributed by atoms with E-state index in [4.69, 9.17) is 0 Å². The molecule has 0 aliphatic carbocycles. The Morgan fingerprint density at radius 2 is 2.15 bits per heavy atom. The number of hydrogen-bond acceptors (Lipinski definition) is 4. The SMILES string of the molecule is Cc1cccc(CC2(O)CCN(C(=O)c3cn[nH]c3-c3ccsc3)CC2)c1. The largest absolute Gasteiger partial charge is 0.389 e. The van der Waals surface area contributed by atoms with Gasteiger partial charge in [-0.05, 0) is 36.8 Å². The lowest BCUT2D eigenvalue weighted by molar-refractivity contribution is -0.0162. The monoisotopic (exact) mass is 381 g/mol. The topological polar surface area (TPSA) is 69.2 Å². The molecule has 2 N–H and O–H groups in total. The van der Waals surface area contributed by atoms with Gasteiger partial charge in [0.25, 0.3) is 5.91 Å². The molecule has 1 aliphatic heterocycles. The number of nitrogens with one attached hydrogen (secondary N) is 1. The lowest BCUT2D eigenvalue weighted by atomic mass is 9.85. The lowest BCUT2D eigenvalue weighted by Crippen LogP contribution is -2.47. The van der Waals surface area contributed by atoms with Gasteiger partial charge in [-0.1, -0.05) is 29.8 Å². The first-order valence-corrected chi connectivity index (χ1v) is 10.1. The summed E-state index contributed by atoms with van der Waals surface area (Å²) in [5, 5.41) is 22.0. The number of aryl methyl sites for hydroxylation is 1. The fourth-order valence-corrected chi connectivity index (χ4v) is 4.40. The molecule has 0 radical (unpaired) electrons. The standard InChI is InChI=1S/C21H23N3O2S/c1-15-3-2-4-16(11-15)12-21(26)6-8-24(9-7-21)20(25)18-13-22-23-19(18)17-5-10-27-14-17/h2-5,10-11,13-14,26H,6-9,12H2,1H3,(H,22,23). The van der Waals surface area contributed by atoms with E-state index in [1.54, 1.807) is 17.5 Å². The third-order valence-electron chi connectivity index (χ3n) is 5.28. The minimum absolute atomic E-state index is 0.0254. The molecule has 6 heteroatoms. The number of nitrogens with zero attached hydrogens (tertiary/aromatic N) is 2. The van der Waals surface area contributed by atoms with Crippen molar-refractivity contribution < 1.29 is 9.90 Å². The average Bonchev–Trinajstić information content (AvgIpc) is 3.33. The quantitative estimate of drug-likeness (QED) is 0.725. The maximum Gasteiger partial charge on any atom is 0.257 e. The summed E-state index contributed by atoms with van der Waals surface area (Å²) in [5.74, 6) is -0.0254. The molecule has 0 bridgehead atoms. The predicted octanol–water partition coefficient (Wildman–Crippen LogP) is 3.66. The van der Waals surface area contributed by atoms with Gasteiger partial charge in [0, 0.05) is 30.5 Å². The minimum Gasteiger partial charge on any atom is -0.389 e. The van der Waals surface area contributed by atoms with Crippen LogP contribution < -0.4 is 0 Å². The highest BCUT2D eigenvalue weighted by atomic mass is 32.1. The van der Waals surface area contributed by atoms with Crippen molar-refractivity contribution in [2.24, 2.45) is 0 Å². The molecule has 0 spiro atoms. The van der Waals surface area contributed by atoms with Crippen molar-refractivity contribution in [1.29, 1.82) is 0 Å². The predicted molar refractivity (Wildman–Crippen MR) is 107 cm³/mol. The van der Waals surface area contributed by atoms with E-state index in [0.717, 1.165) is 16.8 Å². The van der Waals surface area contributed by atoms with Gasteiger partial charge in [0.05, 0.1) is 23.1 Å². The van der Waals surface area contributed by atoms with Gasteiger partial charge < -0.3 is 10.0 Å². The second kappa shape index (κ2) is 7.29. The first-order chi connectivity index (χ1) is 13.0. The van der Waals surface area contributed by atoms with Gasteiger partial charge in [-0.25, -0.2) is 0 Å². The number of benzene rings is 1. The Hall–Kier alpha value is -2.44. The molecule has 3 aromatic rings. The average molecular weight is 382 g/mol. The zero-order chi connectivity index (χ0) is 18.9. The highest BCUT2D eigenvalue weighted by Gasteiger charge is 2.35. The third-order valence-corrected chi connectivity index (χ3v) is 5.96. The molecule has 5 nitrogen and oxygen atoms in total. The summed E-state index contributed by atoms with van der Waals surface area (Å²) in [7, 11) is 0. The number of aliphatic hydroxyl groups is 1. The summed E-state index contributed by atoms with van der Waals surface area (Å²) in [6, 6.07) is 10.2. The molecular weight excluding hydrogens is 358 g/mol. The fourth-order valence-electron chi connectivity index (χ4n) is 3.75. The summed E-state index contributed by atoms with van der Waals surface area (Å²) < 4.78 is 0. The number of rotatable bonds is 4. The van der Waals surface area contributed by atoms with Gasteiger partial charge in [0.2, 0.25) is 0 Å². The molecule has 140 valence electrons. The van der Waals surface area contributed by atoms with Crippen LogP contribution in [0, 0.1) is 6.92 Å². The molecule has 1 fully saturated rings. The Kier molecular flexibility index (Phi) is 4.85. The number of H-pyrrole nitrogens is 1. The molecular formula is C21H23N3O2S. The van der Waals surface area contributed by atoms with E-state index in [2.05, 4.69) is 35.3 Å². The number of hydrogen-bond donors (Lipinski definition) is 2. The number of aromatic nitrogens is 2. The van der Waals surface area contributed by atoms with E-state index in [-0.39, 0.29) is 5.91 Å². The molecule has 0 unspecified atom stereocenters. The van der Waals surface area contributed by atoms with E-state index in [1.807, 2.05) is 27.8 Å². The molecule has 0 saturated carbocycles. The van der Waals surface area contributed by atoms with Crippen molar-refractivity contribution in [2.75, 3.05) is 13.1 Å². The Morgan fingerprint density at radius 1 is 1.33 bits per heavy atom. The van der Waals surface area contributed by atoms with Crippen molar-refractivity contribution in [3.8, 4) is 11.3 Å². The van der Waals surface area contributed by atoms with Crippen LogP contribution >= 0.6 is 11.3 Å². The van der Waals surface area contributed by atoms with Gasteiger partial charge in [0.1, 0.15) is 0 Å². The number of amides is 1. The van der Waals surface area contributed by atoms with Crippen molar-refractivity contribution >= 4 is 17.2 Å². The van der Waals surface area contributed by atoms with E-state index >= 15 is 0 Å². The Morgan fingerprint density at radius 3 is 2.85 bits per heavy atom. The number of piperidine rings is 1. The highest BCUT2D eigenvalue weighted by Crippen LogP contribution is 2.29. The first kappa shape index (κ1) is 17.9. The fraction of sp³-hybridized carbons (Fsp3) is 0.333. The summed E-state index contributed by atoms with van der Waals surface area (Å²) in [6.45, 7) is 3.16. The molecule has 1 amide bonds. The van der Waals surface area contributed by atoms with Crippen LogP contribution in [-0.4, -0.2) is 44.8 Å². The zero-order valence-electron chi connectivity index (χ0n) is 15.3. The van der Waals surface area contributed by atoms with Crippen molar-refractivity contribution in [3.05, 3.63) is 64.0 Å². The molecule has 3 heterocycles. The Bertz CT molecular complexity index is 925. The van der Waals surface area contributed by atoms with Crippen LogP contribution in [0.5, 0.6) is 0 Å². The number of carbonyl (C=O) groups excluding carboxylic acids is 1. The third kappa shape index (κ3) is 3.82. The van der Waals surface area contributed by atoms with Crippen molar-refractivity contribution in [3.63, 3.8) is 0 Å². The van der Waals surface area contributed by atoms with Crippen LogP contribution in [0.1, 0.15) is 34.3 Å². The van der Waals surface area contributed by atoms with Crippen LogP contribution in [0.3, 0.4) is 0 Å². The number of likely N-dealkylation sites (tertiary alicyclic amines) is 1. The Balaban J connectivity index is 1.43. The van der Waals surface area contributed by atoms with Gasteiger partial charge in [-0.3, -0.25) is 9.89 Å². The van der Waals surface area contributed by atoms with Crippen LogP contribution in [-0.2, 0) is 6.42 Å². The summed E-state index contributed by atoms with van der Waals surface area (Å²) in [6.07, 6.45) is 3.39. The molecule has 1 aromatic carbocycles. The number of carbonyl (C=O) groups is 1. The second-order valence-electron chi connectivity index (χ2n) is 7.35. The molecule has 2 aromatic heterocycles. The van der Waals surface area contributed by atoms with Gasteiger partial charge in [-0.15, -0.1) is 0 Å². The minimum atomic E-state index is -0.753. The maximum absolute atomic E-state index is 13.0. The highest BCUT2D eigenvalue weighted by molar-refractivity contribution is 7.08. The number of aromatic amines is 1. The zero-order valence-corrected chi connectivity index (χ0v) is 16.1. The second-order valence-corrected chi connectivity index (χ2v) is 8.13. The van der Waals surface area contributed by atoms with Gasteiger partial charge >= 0.3 is 0 Å². The summed E-state index contributed by atoms with van der Waals surface area (Å²) in [5.41, 5.74) is 3.93. The number of thiophene rings is 1. The van der Waals surface area contributed by atoms with Gasteiger partial charge in [0.15, 0.2) is 0 Å². The summed E-state index contributed by atoms with van der Waals surface area (Å²) >= 11 is 1.59. The Labute approximate surface area is 162 Å². The van der Waals surface area contributed by atoms with E-state index in [9.17, 15) is 9.90 Å². The molecule has 1 aliphatic rings. The van der Waals surface area contributed by atoms with Crippen LogP contribution in [0.15, 0.2) is 47.3 Å². The van der Waals surface area contributed by atoms with Crippen LogP contribution in [0.4, 0.5) is 0 Å². The van der Waals surface area contributed by atoms with Crippen molar-refractivity contribution in [2.45, 2.75) is 31.8 Å². The first-order valence-electron chi connectivity index (χ1n) is 9.17. The summed E-state index contributed by atoms with van der Waals surface area (Å²) in [4.78, 5) is 14.8. The van der Waals surface area contributed by atoms with E-state index < -0.39 is 5.60 Å². The van der Waals surface area contributed by atoms with Crippen LogP contribution in [0.2, 0.25) is 0 Å². The molecule has 27 heavy (non-hydrogen) atoms. The molecule has 0 atom stereocenters. The van der Waals surface area contributed by atoms with Gasteiger partial charge in [-0.2, -0.15) is 16.4 Å². The lowest BCUT2D eigenvalue weighted by Gasteiger charge is -2.38. The smallest absolute Gasteiger partial charge is 0.257 e. The van der Waals surface area contributed by atoms with Crippen LogP contribution in [0.25, 0.3) is 11.3 Å². The van der Waals surface area contributed by atoms with Crippen molar-refractivity contribution in [1.82, 2.24) is 15.1 Å². The van der Waals surface area contributed by atoms with E-state index in [1.165, 1.54) is 5.56 Å². The molecule has 4 rings (SSSR count). The normalized spacial score (nSPS) is 16.4.